The van der Waals surface area contributed by atoms with E-state index in [-0.39, 0.29) is 31.1 Å². The molecule has 1 unspecified atom stereocenters. The molecule has 0 aromatic rings. The van der Waals surface area contributed by atoms with E-state index in [4.69, 9.17) is 14.2 Å². The number of carbonyl (C=O) groups is 3. The molecule has 0 aromatic carbocycles. The van der Waals surface area contributed by atoms with Gasteiger partial charge in [-0.2, -0.15) is 0 Å². The highest BCUT2D eigenvalue weighted by atomic mass is 16.6. The van der Waals surface area contributed by atoms with Crippen LogP contribution in [0.1, 0.15) is 278 Å². The zero-order valence-corrected chi connectivity index (χ0v) is 51.1. The van der Waals surface area contributed by atoms with Crippen LogP contribution in [-0.4, -0.2) is 37.2 Å². The van der Waals surface area contributed by atoms with E-state index in [9.17, 15) is 14.4 Å². The summed E-state index contributed by atoms with van der Waals surface area (Å²) in [6, 6.07) is 0. The summed E-state index contributed by atoms with van der Waals surface area (Å²) < 4.78 is 16.9. The Kier molecular flexibility index (Phi) is 61.9. The molecular formula is C73H118O6. The first kappa shape index (κ1) is 74.3. The number of hydrogen-bond donors (Lipinski definition) is 0. The lowest BCUT2D eigenvalue weighted by Crippen LogP contribution is -2.30. The second-order valence-electron chi connectivity index (χ2n) is 20.9. The maximum atomic E-state index is 12.9. The van der Waals surface area contributed by atoms with Crippen LogP contribution < -0.4 is 0 Å². The summed E-state index contributed by atoms with van der Waals surface area (Å²) in [6.45, 7) is 6.37. The average molecular weight is 1090 g/mol. The van der Waals surface area contributed by atoms with Gasteiger partial charge in [-0.25, -0.2) is 0 Å². The topological polar surface area (TPSA) is 78.9 Å². The molecule has 0 heterocycles. The Morgan fingerprint density at radius 3 is 0.797 bits per heavy atom. The lowest BCUT2D eigenvalue weighted by Gasteiger charge is -2.18. The molecule has 0 saturated carbocycles. The first-order chi connectivity index (χ1) is 39.0. The van der Waals surface area contributed by atoms with E-state index in [0.29, 0.717) is 25.7 Å². The highest BCUT2D eigenvalue weighted by Crippen LogP contribution is 2.15. The normalized spacial score (nSPS) is 13.1. The minimum atomic E-state index is -0.804. The quantitative estimate of drug-likeness (QED) is 0.0261. The van der Waals surface area contributed by atoms with Gasteiger partial charge < -0.3 is 14.2 Å². The highest BCUT2D eigenvalue weighted by Gasteiger charge is 2.19. The summed E-state index contributed by atoms with van der Waals surface area (Å²) in [5, 5.41) is 0. The molecule has 0 aromatic heterocycles. The van der Waals surface area contributed by atoms with E-state index in [0.717, 1.165) is 128 Å². The number of rotatable bonds is 57. The summed E-state index contributed by atoms with van der Waals surface area (Å²) in [5.74, 6) is -0.946. The van der Waals surface area contributed by atoms with Crippen molar-refractivity contribution in [2.75, 3.05) is 13.2 Å². The standard InChI is InChI=1S/C73H118O6/c1-4-7-10-13-16-19-22-24-26-28-30-32-34-35-36-37-39-40-42-44-46-48-51-54-57-60-63-66-72(75)78-69-70(68-77-71(74)65-62-59-56-53-50-21-18-15-12-9-6-3)79-73(76)67-64-61-58-55-52-49-47-45-43-41-38-33-31-29-27-25-23-20-17-14-11-8-5-2/h7-8,10-11,16-17,19-20,24-27,30-33,35-36,39-40,44,46,51,54,70H,4-6,9,12-15,18,21-23,28-29,34,37-38,41-43,45,47-50,52-53,55-69H2,1-3H3/b10-7-,11-8-,19-16-,20-17-,26-24-,27-25-,32-30-,33-31-,36-35-,40-39-,46-44-,54-51-. The number of allylic oxidation sites excluding steroid dienone is 24. The lowest BCUT2D eigenvalue weighted by molar-refractivity contribution is -0.167. The third-order valence-electron chi connectivity index (χ3n) is 13.3. The monoisotopic (exact) mass is 1090 g/mol. The van der Waals surface area contributed by atoms with Crippen molar-refractivity contribution in [2.45, 2.75) is 284 Å². The van der Waals surface area contributed by atoms with Crippen LogP contribution in [-0.2, 0) is 28.6 Å². The second kappa shape index (κ2) is 65.8. The van der Waals surface area contributed by atoms with Crippen molar-refractivity contribution < 1.29 is 28.6 Å². The number of ether oxygens (including phenoxy) is 3. The molecule has 0 amide bonds. The molecule has 0 rings (SSSR count). The van der Waals surface area contributed by atoms with Crippen molar-refractivity contribution in [3.63, 3.8) is 0 Å². The van der Waals surface area contributed by atoms with Gasteiger partial charge in [-0.05, 0) is 122 Å². The summed E-state index contributed by atoms with van der Waals surface area (Å²) in [7, 11) is 0. The van der Waals surface area contributed by atoms with Crippen LogP contribution in [0.5, 0.6) is 0 Å². The van der Waals surface area contributed by atoms with E-state index in [1.54, 1.807) is 0 Å². The van der Waals surface area contributed by atoms with Crippen LogP contribution in [0.4, 0.5) is 0 Å². The summed E-state index contributed by atoms with van der Waals surface area (Å²) in [5.41, 5.74) is 0. The largest absolute Gasteiger partial charge is 0.462 e. The van der Waals surface area contributed by atoms with Gasteiger partial charge in [0.2, 0.25) is 0 Å². The van der Waals surface area contributed by atoms with Crippen molar-refractivity contribution in [1.82, 2.24) is 0 Å². The molecule has 79 heavy (non-hydrogen) atoms. The molecule has 0 saturated heterocycles. The third-order valence-corrected chi connectivity index (χ3v) is 13.3. The van der Waals surface area contributed by atoms with Crippen LogP contribution in [0.3, 0.4) is 0 Å². The Morgan fingerprint density at radius 2 is 0.494 bits per heavy atom. The maximum absolute atomic E-state index is 12.9. The fraction of sp³-hybridized carbons (Fsp3) is 0.630. The predicted octanol–water partition coefficient (Wildman–Crippen LogP) is 22.3. The molecule has 1 atom stereocenters. The first-order valence-corrected chi connectivity index (χ1v) is 32.3. The average Bonchev–Trinajstić information content (AvgIpc) is 3.45. The van der Waals surface area contributed by atoms with Gasteiger partial charge in [0.15, 0.2) is 6.10 Å². The van der Waals surface area contributed by atoms with Crippen molar-refractivity contribution in [1.29, 1.82) is 0 Å². The number of unbranched alkanes of at least 4 members (excludes halogenated alkanes) is 22. The van der Waals surface area contributed by atoms with E-state index in [2.05, 4.69) is 167 Å². The minimum Gasteiger partial charge on any atom is -0.462 e. The van der Waals surface area contributed by atoms with Crippen LogP contribution >= 0.6 is 0 Å². The molecule has 446 valence electrons. The Bertz CT molecular complexity index is 1730. The number of hydrogen-bond acceptors (Lipinski definition) is 6. The van der Waals surface area contributed by atoms with E-state index < -0.39 is 6.10 Å². The molecule has 0 aliphatic heterocycles. The van der Waals surface area contributed by atoms with Crippen LogP contribution in [0.25, 0.3) is 0 Å². The second-order valence-corrected chi connectivity index (χ2v) is 20.9. The number of esters is 3. The SMILES string of the molecule is CC/C=C\C/C=C\C/C=C\C/C=C\C/C=C\C/C=C\C/C=C\C/C=C\CCCCC(=O)OCC(COC(=O)CCCCCCCCCCCCC)OC(=O)CCCCCCCCCCCC/C=C\C/C=C\C/C=C\C/C=C\CC. The fourth-order valence-electron chi connectivity index (χ4n) is 8.57. The Labute approximate surface area is 487 Å². The van der Waals surface area contributed by atoms with Crippen LogP contribution in [0, 0.1) is 0 Å². The Balaban J connectivity index is 4.40. The summed E-state index contributed by atoms with van der Waals surface area (Å²) in [4.78, 5) is 38.3. The highest BCUT2D eigenvalue weighted by molar-refractivity contribution is 5.71. The first-order valence-electron chi connectivity index (χ1n) is 32.3. The maximum Gasteiger partial charge on any atom is 0.306 e. The van der Waals surface area contributed by atoms with E-state index >= 15 is 0 Å². The summed E-state index contributed by atoms with van der Waals surface area (Å²) in [6.07, 6.45) is 94.3. The van der Waals surface area contributed by atoms with Crippen molar-refractivity contribution in [3.8, 4) is 0 Å². The van der Waals surface area contributed by atoms with Gasteiger partial charge in [0.05, 0.1) is 0 Å². The van der Waals surface area contributed by atoms with Crippen LogP contribution in [0.2, 0.25) is 0 Å². The summed E-state index contributed by atoms with van der Waals surface area (Å²) >= 11 is 0. The van der Waals surface area contributed by atoms with Crippen molar-refractivity contribution in [3.05, 3.63) is 146 Å². The lowest BCUT2D eigenvalue weighted by atomic mass is 10.0. The smallest absolute Gasteiger partial charge is 0.306 e. The molecule has 0 N–H and O–H groups in total. The number of carbonyl (C=O) groups excluding carboxylic acids is 3. The van der Waals surface area contributed by atoms with Gasteiger partial charge in [-0.3, -0.25) is 14.4 Å². The fourth-order valence-corrected chi connectivity index (χ4v) is 8.57. The van der Waals surface area contributed by atoms with Crippen LogP contribution in [0.15, 0.2) is 146 Å². The molecule has 6 heteroatoms. The van der Waals surface area contributed by atoms with Crippen molar-refractivity contribution in [2.24, 2.45) is 0 Å². The Morgan fingerprint density at radius 1 is 0.266 bits per heavy atom. The zero-order chi connectivity index (χ0) is 57.1. The molecule has 0 fully saturated rings. The van der Waals surface area contributed by atoms with Gasteiger partial charge in [-0.1, -0.05) is 282 Å². The van der Waals surface area contributed by atoms with Gasteiger partial charge >= 0.3 is 17.9 Å². The minimum absolute atomic E-state index is 0.0963. The Hall–Kier alpha value is -4.71. The van der Waals surface area contributed by atoms with Crippen molar-refractivity contribution >= 4 is 17.9 Å². The molecular weight excluding hydrogens is 973 g/mol. The molecule has 0 aliphatic rings. The molecule has 0 aliphatic carbocycles. The molecule has 0 bridgehead atoms. The van der Waals surface area contributed by atoms with Gasteiger partial charge in [0.25, 0.3) is 0 Å². The zero-order valence-electron chi connectivity index (χ0n) is 51.1. The molecule has 0 spiro atoms. The van der Waals surface area contributed by atoms with Gasteiger partial charge in [0, 0.05) is 19.3 Å². The third kappa shape index (κ3) is 64.0. The molecule has 6 nitrogen and oxygen atoms in total. The van der Waals surface area contributed by atoms with E-state index in [1.165, 1.54) is 103 Å². The van der Waals surface area contributed by atoms with Gasteiger partial charge in [0.1, 0.15) is 13.2 Å². The van der Waals surface area contributed by atoms with Gasteiger partial charge in [-0.15, -0.1) is 0 Å². The predicted molar refractivity (Wildman–Crippen MR) is 343 cm³/mol. The van der Waals surface area contributed by atoms with E-state index in [1.807, 2.05) is 0 Å². The molecule has 0 radical (unpaired) electrons.